The summed E-state index contributed by atoms with van der Waals surface area (Å²) >= 11 is 0. The molecule has 1 aliphatic rings. The number of benzene rings is 1. The van der Waals surface area contributed by atoms with Gasteiger partial charge < -0.3 is 10.5 Å². The third-order valence-electron chi connectivity index (χ3n) is 3.47. The summed E-state index contributed by atoms with van der Waals surface area (Å²) < 4.78 is 37.8. The first-order valence-corrected chi connectivity index (χ1v) is 8.39. The molecule has 2 atom stereocenters. The van der Waals surface area contributed by atoms with Gasteiger partial charge in [-0.15, -0.1) is 0 Å². The van der Waals surface area contributed by atoms with Crippen LogP contribution >= 0.6 is 0 Å². The largest absolute Gasteiger partial charge is 0.416 e. The van der Waals surface area contributed by atoms with Crippen molar-refractivity contribution in [2.45, 2.75) is 71.6 Å². The van der Waals surface area contributed by atoms with E-state index in [0.29, 0.717) is 5.69 Å². The molecule has 1 saturated carbocycles. The molecule has 2 radical (unpaired) electrons. The molecule has 1 aromatic rings. The van der Waals surface area contributed by atoms with E-state index in [-0.39, 0.29) is 12.1 Å². The molecule has 23 heavy (non-hydrogen) atoms. The number of halogens is 3. The van der Waals surface area contributed by atoms with Gasteiger partial charge in [-0.25, -0.2) is 0 Å². The van der Waals surface area contributed by atoms with E-state index in [4.69, 9.17) is 7.98 Å². The average molecular weight is 328 g/mol. The maximum atomic E-state index is 12.6. The van der Waals surface area contributed by atoms with E-state index in [1.807, 2.05) is 27.7 Å². The maximum Gasteiger partial charge on any atom is 0.416 e. The molecule has 0 aliphatic heterocycles. The van der Waals surface area contributed by atoms with Crippen LogP contribution in [-0.2, 0) is 6.18 Å². The van der Waals surface area contributed by atoms with Gasteiger partial charge in [-0.05, 0) is 49.9 Å². The molecule has 2 N–H and O–H groups in total. The first-order valence-electron chi connectivity index (χ1n) is 8.39. The molecule has 2 nitrogen and oxygen atoms in total. The molecule has 0 bridgehead atoms. The van der Waals surface area contributed by atoms with Crippen LogP contribution in [0.2, 0.25) is 0 Å². The van der Waals surface area contributed by atoms with Gasteiger partial charge in [-0.2, -0.15) is 13.2 Å². The van der Waals surface area contributed by atoms with Gasteiger partial charge in [-0.3, -0.25) is 0 Å². The zero-order valence-electron chi connectivity index (χ0n) is 14.5. The van der Waals surface area contributed by atoms with Crippen LogP contribution in [0.5, 0.6) is 0 Å². The summed E-state index contributed by atoms with van der Waals surface area (Å²) in [5, 5.41) is 5.90. The van der Waals surface area contributed by atoms with Gasteiger partial charge in [-0.1, -0.05) is 33.8 Å². The van der Waals surface area contributed by atoms with Gasteiger partial charge in [0.15, 0.2) is 7.98 Å². The Balaban J connectivity index is 0.00000112. The Labute approximate surface area is 139 Å². The third kappa shape index (κ3) is 7.77. The Morgan fingerprint density at radius 3 is 2.22 bits per heavy atom. The van der Waals surface area contributed by atoms with Crippen molar-refractivity contribution >= 4 is 13.7 Å². The van der Waals surface area contributed by atoms with Crippen LogP contribution in [0, 0.1) is 0 Å². The molecule has 0 amide bonds. The van der Waals surface area contributed by atoms with Gasteiger partial charge in [0.25, 0.3) is 0 Å². The standard InChI is InChI=1S/C13H16BF3N2.2C2H6/c14-19-12-6-2-5-11(8-12)18-10-4-1-3-9(7-10)13(15,16)17;2*1-2/h1,3-4,7,11-12,18-19H,2,5-6,8H2;2*1-2H3. The van der Waals surface area contributed by atoms with Crippen LogP contribution in [0.25, 0.3) is 0 Å². The summed E-state index contributed by atoms with van der Waals surface area (Å²) in [5.74, 6) is 0. The molecule has 2 rings (SSSR count). The molecule has 1 aliphatic carbocycles. The summed E-state index contributed by atoms with van der Waals surface area (Å²) in [7, 11) is 5.41. The molecule has 130 valence electrons. The molecule has 0 aromatic heterocycles. The zero-order valence-corrected chi connectivity index (χ0v) is 14.5. The van der Waals surface area contributed by atoms with Crippen LogP contribution < -0.4 is 10.5 Å². The molecule has 2 unspecified atom stereocenters. The van der Waals surface area contributed by atoms with Gasteiger partial charge in [0.1, 0.15) is 0 Å². The highest BCUT2D eigenvalue weighted by molar-refractivity contribution is 6.04. The van der Waals surface area contributed by atoms with E-state index < -0.39 is 11.7 Å². The van der Waals surface area contributed by atoms with Crippen LogP contribution in [0.3, 0.4) is 0 Å². The molecule has 1 fully saturated rings. The van der Waals surface area contributed by atoms with Crippen molar-refractivity contribution in [2.75, 3.05) is 5.32 Å². The van der Waals surface area contributed by atoms with E-state index in [1.165, 1.54) is 6.07 Å². The van der Waals surface area contributed by atoms with Gasteiger partial charge >= 0.3 is 6.18 Å². The fourth-order valence-electron chi connectivity index (χ4n) is 2.49. The van der Waals surface area contributed by atoms with Crippen molar-refractivity contribution in [1.82, 2.24) is 5.23 Å². The Bertz CT molecular complexity index is 425. The molecule has 0 saturated heterocycles. The summed E-state index contributed by atoms with van der Waals surface area (Å²) in [5.41, 5.74) is -0.112. The molecular weight excluding hydrogens is 300 g/mol. The Morgan fingerprint density at radius 2 is 1.65 bits per heavy atom. The SMILES string of the molecule is CC.CC.[B]NC1CCCC(Nc2cccc(C(F)(F)F)c2)C1. The van der Waals surface area contributed by atoms with Crippen LogP contribution in [0.4, 0.5) is 18.9 Å². The molecular formula is C17H28BF3N2. The second kappa shape index (κ2) is 11.4. The number of anilines is 1. The summed E-state index contributed by atoms with van der Waals surface area (Å²) in [4.78, 5) is 0. The topological polar surface area (TPSA) is 24.1 Å². The fourth-order valence-corrected chi connectivity index (χ4v) is 2.49. The minimum Gasteiger partial charge on any atom is -0.382 e. The first kappa shape index (κ1) is 21.8. The highest BCUT2D eigenvalue weighted by Crippen LogP contribution is 2.31. The lowest BCUT2D eigenvalue weighted by Gasteiger charge is -2.30. The van der Waals surface area contributed by atoms with Crippen molar-refractivity contribution < 1.29 is 13.2 Å². The van der Waals surface area contributed by atoms with E-state index in [0.717, 1.165) is 37.8 Å². The second-order valence-corrected chi connectivity index (χ2v) is 4.95. The van der Waals surface area contributed by atoms with Crippen molar-refractivity contribution in [3.05, 3.63) is 29.8 Å². The monoisotopic (exact) mass is 328 g/mol. The van der Waals surface area contributed by atoms with E-state index in [1.54, 1.807) is 6.07 Å². The number of rotatable bonds is 3. The predicted octanol–water partition coefficient (Wildman–Crippen LogP) is 5.15. The normalized spacial score (nSPS) is 20.5. The molecule has 0 heterocycles. The Kier molecular flexibility index (Phi) is 10.8. The minimum absolute atomic E-state index is 0.165. The van der Waals surface area contributed by atoms with Crippen molar-refractivity contribution in [3.8, 4) is 0 Å². The van der Waals surface area contributed by atoms with Crippen molar-refractivity contribution in [3.63, 3.8) is 0 Å². The van der Waals surface area contributed by atoms with Gasteiger partial charge in [0, 0.05) is 11.7 Å². The fraction of sp³-hybridized carbons (Fsp3) is 0.647. The smallest absolute Gasteiger partial charge is 0.382 e. The number of alkyl halides is 3. The molecule has 6 heteroatoms. The second-order valence-electron chi connectivity index (χ2n) is 4.95. The number of hydrogen-bond donors (Lipinski definition) is 2. The van der Waals surface area contributed by atoms with Crippen LogP contribution in [-0.4, -0.2) is 20.1 Å². The minimum atomic E-state index is -4.30. The quantitative estimate of drug-likeness (QED) is 0.750. The van der Waals surface area contributed by atoms with Crippen LogP contribution in [0.1, 0.15) is 58.9 Å². The summed E-state index contributed by atoms with van der Waals surface area (Å²) in [6.07, 6.45) is -0.491. The Morgan fingerprint density at radius 1 is 1.04 bits per heavy atom. The highest BCUT2D eigenvalue weighted by Gasteiger charge is 2.30. The first-order chi connectivity index (χ1) is 11.0. The van der Waals surface area contributed by atoms with Crippen LogP contribution in [0.15, 0.2) is 24.3 Å². The lowest BCUT2D eigenvalue weighted by molar-refractivity contribution is -0.137. The van der Waals surface area contributed by atoms with E-state index in [2.05, 4.69) is 10.5 Å². The lowest BCUT2D eigenvalue weighted by Crippen LogP contribution is -2.37. The lowest BCUT2D eigenvalue weighted by atomic mass is 9.90. The molecule has 1 aromatic carbocycles. The number of hydrogen-bond acceptors (Lipinski definition) is 2. The third-order valence-corrected chi connectivity index (χ3v) is 3.47. The average Bonchev–Trinajstić information content (AvgIpc) is 2.58. The van der Waals surface area contributed by atoms with E-state index in [9.17, 15) is 13.2 Å². The predicted molar refractivity (Wildman–Crippen MR) is 92.7 cm³/mol. The van der Waals surface area contributed by atoms with Gasteiger partial charge in [0.05, 0.1) is 5.56 Å². The van der Waals surface area contributed by atoms with Gasteiger partial charge in [0.2, 0.25) is 0 Å². The molecule has 0 spiro atoms. The number of nitrogens with one attached hydrogen (secondary N) is 2. The zero-order chi connectivity index (χ0) is 17.9. The van der Waals surface area contributed by atoms with Crippen molar-refractivity contribution in [2.24, 2.45) is 0 Å². The highest BCUT2D eigenvalue weighted by atomic mass is 19.4. The summed E-state index contributed by atoms with van der Waals surface area (Å²) in [6, 6.07) is 5.72. The Hall–Kier alpha value is -1.17. The van der Waals surface area contributed by atoms with E-state index >= 15 is 0 Å². The van der Waals surface area contributed by atoms with Crippen molar-refractivity contribution in [1.29, 1.82) is 0 Å². The maximum absolute atomic E-state index is 12.6. The summed E-state index contributed by atoms with van der Waals surface area (Å²) in [6.45, 7) is 8.00.